The Morgan fingerprint density at radius 1 is 1.03 bits per heavy atom. The lowest BCUT2D eigenvalue weighted by Crippen LogP contribution is -2.33. The molecule has 0 unspecified atom stereocenters. The first kappa shape index (κ1) is 20.5. The van der Waals surface area contributed by atoms with E-state index in [1.165, 1.54) is 43.3 Å². The van der Waals surface area contributed by atoms with Crippen LogP contribution in [0.15, 0.2) is 75.2 Å². The van der Waals surface area contributed by atoms with Gasteiger partial charge in [0.15, 0.2) is 0 Å². The lowest BCUT2D eigenvalue weighted by Gasteiger charge is -2.15. The summed E-state index contributed by atoms with van der Waals surface area (Å²) in [5.41, 5.74) is -0.104. The number of carbonyl (C=O) groups excluding carboxylic acids is 1. The molecular weight excluding hydrogens is 395 g/mol. The molecule has 0 aliphatic carbocycles. The third kappa shape index (κ3) is 4.12. The van der Waals surface area contributed by atoms with Crippen molar-refractivity contribution in [3.8, 4) is 0 Å². The third-order valence-corrected chi connectivity index (χ3v) is 6.35. The summed E-state index contributed by atoms with van der Waals surface area (Å²) in [5, 5.41) is 2.39. The number of amides is 1. The number of hydrogen-bond donors (Lipinski definition) is 1. The Morgan fingerprint density at radius 2 is 1.66 bits per heavy atom. The van der Waals surface area contributed by atoms with Crippen molar-refractivity contribution in [2.75, 3.05) is 5.32 Å². The Bertz CT molecular complexity index is 1240. The lowest BCUT2D eigenvalue weighted by atomic mass is 10.2. The number of benzene rings is 2. The van der Waals surface area contributed by atoms with Crippen LogP contribution in [0.1, 0.15) is 11.3 Å². The molecule has 1 heterocycles. The Morgan fingerprint density at radius 3 is 2.31 bits per heavy atom. The molecule has 3 rings (SSSR count). The average molecular weight is 414 g/mol. The van der Waals surface area contributed by atoms with Crippen LogP contribution in [0.2, 0.25) is 0 Å². The van der Waals surface area contributed by atoms with Crippen molar-refractivity contribution in [1.29, 1.82) is 0 Å². The van der Waals surface area contributed by atoms with Crippen LogP contribution in [-0.4, -0.2) is 18.9 Å². The fourth-order valence-corrected chi connectivity index (χ4v) is 4.62. The van der Waals surface area contributed by atoms with Crippen LogP contribution in [0, 0.1) is 19.7 Å². The molecule has 0 aliphatic heterocycles. The summed E-state index contributed by atoms with van der Waals surface area (Å²) in [6.45, 7) is 2.69. The highest BCUT2D eigenvalue weighted by molar-refractivity contribution is 7.91. The number of hydrogen-bond acceptors (Lipinski definition) is 4. The van der Waals surface area contributed by atoms with Crippen LogP contribution < -0.4 is 10.9 Å². The van der Waals surface area contributed by atoms with Crippen LogP contribution in [0.4, 0.5) is 10.1 Å². The van der Waals surface area contributed by atoms with E-state index in [9.17, 15) is 22.4 Å². The average Bonchev–Trinajstić information content (AvgIpc) is 2.67. The van der Waals surface area contributed by atoms with E-state index in [1.807, 2.05) is 0 Å². The van der Waals surface area contributed by atoms with Gasteiger partial charge in [0.25, 0.3) is 5.56 Å². The number of anilines is 1. The number of pyridine rings is 1. The van der Waals surface area contributed by atoms with Crippen molar-refractivity contribution in [2.45, 2.75) is 30.2 Å². The molecule has 8 heteroatoms. The SMILES string of the molecule is Cc1cc(C)n(CC(=O)Nc2ccccc2F)c(=O)c1S(=O)(=O)c1ccccc1. The quantitative estimate of drug-likeness (QED) is 0.695. The first-order chi connectivity index (χ1) is 13.7. The maximum Gasteiger partial charge on any atom is 0.270 e. The van der Waals surface area contributed by atoms with Crippen molar-refractivity contribution in [2.24, 2.45) is 0 Å². The van der Waals surface area contributed by atoms with Crippen LogP contribution in [-0.2, 0) is 21.2 Å². The Hall–Kier alpha value is -3.26. The zero-order valence-electron chi connectivity index (χ0n) is 15.8. The normalized spacial score (nSPS) is 11.3. The standard InChI is InChI=1S/C21H19FN2O4S/c1-14-12-15(2)24(13-19(25)23-18-11-7-6-10-17(18)22)21(26)20(14)29(27,28)16-8-4-3-5-9-16/h3-12H,13H2,1-2H3,(H,23,25). The van der Waals surface area contributed by atoms with E-state index in [0.29, 0.717) is 11.3 Å². The maximum absolute atomic E-state index is 13.7. The van der Waals surface area contributed by atoms with E-state index in [2.05, 4.69) is 5.32 Å². The third-order valence-electron chi connectivity index (χ3n) is 4.42. The molecule has 0 fully saturated rings. The molecule has 3 aromatic rings. The molecule has 0 aliphatic rings. The monoisotopic (exact) mass is 414 g/mol. The van der Waals surface area contributed by atoms with E-state index in [-0.39, 0.29) is 15.5 Å². The summed E-state index contributed by atoms with van der Waals surface area (Å²) in [6.07, 6.45) is 0. The van der Waals surface area contributed by atoms with Crippen LogP contribution in [0.3, 0.4) is 0 Å². The molecule has 1 aromatic heterocycles. The van der Waals surface area contributed by atoms with Crippen LogP contribution in [0.5, 0.6) is 0 Å². The van der Waals surface area contributed by atoms with Crippen molar-refractivity contribution in [1.82, 2.24) is 4.57 Å². The van der Waals surface area contributed by atoms with Gasteiger partial charge >= 0.3 is 0 Å². The maximum atomic E-state index is 13.7. The van der Waals surface area contributed by atoms with Gasteiger partial charge in [-0.15, -0.1) is 0 Å². The molecule has 0 saturated heterocycles. The Labute approximate surface area is 167 Å². The summed E-state index contributed by atoms with van der Waals surface area (Å²) >= 11 is 0. The summed E-state index contributed by atoms with van der Waals surface area (Å²) in [6, 6.07) is 14.8. The molecule has 0 radical (unpaired) electrons. The number of sulfone groups is 1. The second-order valence-corrected chi connectivity index (χ2v) is 8.42. The minimum atomic E-state index is -4.07. The second-order valence-electron chi connectivity index (χ2n) is 6.53. The van der Waals surface area contributed by atoms with E-state index in [1.54, 1.807) is 31.2 Å². The molecule has 29 heavy (non-hydrogen) atoms. The molecule has 1 N–H and O–H groups in total. The van der Waals surface area contributed by atoms with Crippen molar-refractivity contribution < 1.29 is 17.6 Å². The number of nitrogens with one attached hydrogen (secondary N) is 1. The largest absolute Gasteiger partial charge is 0.322 e. The van der Waals surface area contributed by atoms with E-state index >= 15 is 0 Å². The summed E-state index contributed by atoms with van der Waals surface area (Å²) in [7, 11) is -4.07. The van der Waals surface area contributed by atoms with Gasteiger partial charge in [-0.2, -0.15) is 0 Å². The zero-order chi connectivity index (χ0) is 21.2. The molecule has 0 bridgehead atoms. The number of carbonyl (C=O) groups is 1. The molecular formula is C21H19FN2O4S. The molecule has 0 spiro atoms. The predicted molar refractivity (Wildman–Crippen MR) is 107 cm³/mol. The van der Waals surface area contributed by atoms with Crippen LogP contribution >= 0.6 is 0 Å². The van der Waals surface area contributed by atoms with E-state index < -0.39 is 33.7 Å². The molecule has 150 valence electrons. The van der Waals surface area contributed by atoms with Gasteiger partial charge in [0.05, 0.1) is 10.6 Å². The highest BCUT2D eigenvalue weighted by Crippen LogP contribution is 2.21. The molecule has 0 atom stereocenters. The van der Waals surface area contributed by atoms with Gasteiger partial charge < -0.3 is 9.88 Å². The van der Waals surface area contributed by atoms with Crippen molar-refractivity contribution >= 4 is 21.4 Å². The first-order valence-electron chi connectivity index (χ1n) is 8.77. The van der Waals surface area contributed by atoms with Gasteiger partial charge in [0.2, 0.25) is 15.7 Å². The number of aryl methyl sites for hydroxylation is 2. The van der Waals surface area contributed by atoms with Crippen molar-refractivity contribution in [3.63, 3.8) is 0 Å². The first-order valence-corrected chi connectivity index (χ1v) is 10.3. The van der Waals surface area contributed by atoms with Gasteiger partial charge in [-0.25, -0.2) is 12.8 Å². The molecule has 6 nitrogen and oxygen atoms in total. The highest BCUT2D eigenvalue weighted by atomic mass is 32.2. The predicted octanol–water partition coefficient (Wildman–Crippen LogP) is 3.08. The molecule has 1 amide bonds. The Kier molecular flexibility index (Phi) is 5.65. The van der Waals surface area contributed by atoms with Gasteiger partial charge in [0, 0.05) is 5.69 Å². The Balaban J connectivity index is 2.01. The molecule has 0 saturated carbocycles. The van der Waals surface area contributed by atoms with Crippen molar-refractivity contribution in [3.05, 3.63) is 88.1 Å². The van der Waals surface area contributed by atoms with Gasteiger partial charge in [0.1, 0.15) is 17.3 Å². The van der Waals surface area contributed by atoms with Gasteiger partial charge in [-0.05, 0) is 49.7 Å². The topological polar surface area (TPSA) is 85.2 Å². The van der Waals surface area contributed by atoms with Gasteiger partial charge in [-0.3, -0.25) is 9.59 Å². The minimum absolute atomic E-state index is 0.00795. The van der Waals surface area contributed by atoms with E-state index in [4.69, 9.17) is 0 Å². The lowest BCUT2D eigenvalue weighted by molar-refractivity contribution is -0.116. The highest BCUT2D eigenvalue weighted by Gasteiger charge is 2.26. The summed E-state index contributed by atoms with van der Waals surface area (Å²) in [5.74, 6) is -1.26. The fraction of sp³-hybridized carbons (Fsp3) is 0.143. The van der Waals surface area contributed by atoms with Crippen LogP contribution in [0.25, 0.3) is 0 Å². The van der Waals surface area contributed by atoms with Gasteiger partial charge in [-0.1, -0.05) is 30.3 Å². The smallest absolute Gasteiger partial charge is 0.270 e. The summed E-state index contributed by atoms with van der Waals surface area (Å²) < 4.78 is 40.8. The number of halogens is 1. The summed E-state index contributed by atoms with van der Waals surface area (Å²) in [4.78, 5) is 25.0. The number of para-hydroxylation sites is 1. The second kappa shape index (κ2) is 8.00. The zero-order valence-corrected chi connectivity index (χ0v) is 16.7. The molecule has 2 aromatic carbocycles. The van der Waals surface area contributed by atoms with E-state index in [0.717, 1.165) is 4.57 Å². The fourth-order valence-electron chi connectivity index (χ4n) is 3.05. The minimum Gasteiger partial charge on any atom is -0.322 e. The number of rotatable bonds is 5. The number of nitrogens with zero attached hydrogens (tertiary/aromatic N) is 1. The number of aromatic nitrogens is 1.